The molecule has 134 valence electrons. The molecule has 1 aliphatic rings. The third kappa shape index (κ3) is 3.98. The third-order valence-electron chi connectivity index (χ3n) is 4.60. The number of hydrogen-bond acceptors (Lipinski definition) is 3. The fourth-order valence-electron chi connectivity index (χ4n) is 2.98. The molecule has 1 aromatic rings. The van der Waals surface area contributed by atoms with E-state index in [1.54, 1.807) is 31.1 Å². The Morgan fingerprint density at radius 1 is 1.08 bits per heavy atom. The Balaban J connectivity index is 2.11. The Kier molecular flexibility index (Phi) is 5.40. The maximum Gasteiger partial charge on any atom is 0.243 e. The van der Waals surface area contributed by atoms with E-state index in [1.807, 2.05) is 12.1 Å². The van der Waals surface area contributed by atoms with E-state index in [4.69, 9.17) is 0 Å². The van der Waals surface area contributed by atoms with Gasteiger partial charge in [-0.25, -0.2) is 8.42 Å². The van der Waals surface area contributed by atoms with Gasteiger partial charge in [0.05, 0.1) is 4.90 Å². The Morgan fingerprint density at radius 3 is 2.00 bits per heavy atom. The van der Waals surface area contributed by atoms with Gasteiger partial charge in [-0.15, -0.1) is 0 Å². The van der Waals surface area contributed by atoms with Crippen LogP contribution in [0.3, 0.4) is 0 Å². The summed E-state index contributed by atoms with van der Waals surface area (Å²) < 4.78 is 27.1. The molecule has 0 aliphatic carbocycles. The Hall–Kier alpha value is -1.40. The molecule has 6 heteroatoms. The zero-order valence-corrected chi connectivity index (χ0v) is 16.1. The molecule has 0 N–H and O–H groups in total. The summed E-state index contributed by atoms with van der Waals surface area (Å²) >= 11 is 0. The molecule has 1 saturated heterocycles. The quantitative estimate of drug-likeness (QED) is 0.840. The number of amides is 1. The summed E-state index contributed by atoms with van der Waals surface area (Å²) in [5.41, 5.74) is 1.10. The van der Waals surface area contributed by atoms with Crippen LogP contribution in [-0.4, -0.2) is 50.7 Å². The Bertz CT molecular complexity index is 680. The van der Waals surface area contributed by atoms with Crippen molar-refractivity contribution in [3.8, 4) is 0 Å². The highest BCUT2D eigenvalue weighted by Crippen LogP contribution is 2.27. The van der Waals surface area contributed by atoms with Crippen molar-refractivity contribution in [3.05, 3.63) is 29.8 Å². The van der Waals surface area contributed by atoms with Gasteiger partial charge in [0, 0.05) is 33.1 Å². The first-order chi connectivity index (χ1) is 11.0. The van der Waals surface area contributed by atoms with Crippen LogP contribution in [0.4, 0.5) is 0 Å². The summed E-state index contributed by atoms with van der Waals surface area (Å²) in [6.07, 6.45) is 1.16. The summed E-state index contributed by atoms with van der Waals surface area (Å²) in [6.45, 7) is 7.09. The summed E-state index contributed by atoms with van der Waals surface area (Å²) in [6, 6.07) is 7.14. The van der Waals surface area contributed by atoms with Gasteiger partial charge in [0.2, 0.25) is 15.9 Å². The van der Waals surface area contributed by atoms with Gasteiger partial charge >= 0.3 is 0 Å². The number of hydrogen-bond donors (Lipinski definition) is 0. The molecule has 0 radical (unpaired) electrons. The van der Waals surface area contributed by atoms with Crippen molar-refractivity contribution in [2.75, 3.05) is 27.2 Å². The van der Waals surface area contributed by atoms with Gasteiger partial charge in [-0.3, -0.25) is 4.79 Å². The van der Waals surface area contributed by atoms with Gasteiger partial charge in [0.1, 0.15) is 0 Å². The summed E-state index contributed by atoms with van der Waals surface area (Å²) in [4.78, 5) is 13.9. The lowest BCUT2D eigenvalue weighted by Gasteiger charge is -2.31. The molecular formula is C18H28N2O3S. The average Bonchev–Trinajstić information content (AvgIpc) is 2.53. The second-order valence-electron chi connectivity index (χ2n) is 7.69. The first-order valence-corrected chi connectivity index (χ1v) is 9.79. The van der Waals surface area contributed by atoms with E-state index in [2.05, 4.69) is 20.8 Å². The minimum atomic E-state index is -3.49. The number of carbonyl (C=O) groups excluding carboxylic acids is 1. The molecule has 0 bridgehead atoms. The van der Waals surface area contributed by atoms with Crippen LogP contribution in [0, 0.1) is 5.92 Å². The molecule has 1 amide bonds. The number of carbonyl (C=O) groups is 1. The molecule has 1 fully saturated rings. The third-order valence-corrected chi connectivity index (χ3v) is 6.51. The van der Waals surface area contributed by atoms with Crippen LogP contribution in [0.5, 0.6) is 0 Å². The topological polar surface area (TPSA) is 57.7 Å². The fraction of sp³-hybridized carbons (Fsp3) is 0.611. The first kappa shape index (κ1) is 18.9. The number of nitrogens with zero attached hydrogens (tertiary/aromatic N) is 2. The zero-order chi connectivity index (χ0) is 18.1. The molecular weight excluding hydrogens is 324 g/mol. The molecule has 0 spiro atoms. The van der Waals surface area contributed by atoms with Gasteiger partial charge in [-0.2, -0.15) is 4.31 Å². The lowest BCUT2D eigenvalue weighted by molar-refractivity contribution is -0.134. The van der Waals surface area contributed by atoms with E-state index in [0.29, 0.717) is 30.8 Å². The van der Waals surface area contributed by atoms with E-state index in [1.165, 1.54) is 4.31 Å². The van der Waals surface area contributed by atoms with E-state index in [0.717, 1.165) is 5.56 Å². The van der Waals surface area contributed by atoms with Gasteiger partial charge in [0.15, 0.2) is 0 Å². The maximum atomic E-state index is 12.8. The number of sulfonamides is 1. The molecule has 1 aromatic carbocycles. The second-order valence-corrected chi connectivity index (χ2v) is 9.62. The summed E-state index contributed by atoms with van der Waals surface area (Å²) in [7, 11) is -0.00860. The van der Waals surface area contributed by atoms with E-state index < -0.39 is 10.0 Å². The van der Waals surface area contributed by atoms with E-state index in [-0.39, 0.29) is 17.2 Å². The predicted molar refractivity (Wildman–Crippen MR) is 95.3 cm³/mol. The molecule has 1 heterocycles. The van der Waals surface area contributed by atoms with Crippen LogP contribution in [0.1, 0.15) is 39.2 Å². The van der Waals surface area contributed by atoms with Crippen LogP contribution in [-0.2, 0) is 20.2 Å². The molecule has 0 saturated carbocycles. The first-order valence-electron chi connectivity index (χ1n) is 8.35. The smallest absolute Gasteiger partial charge is 0.243 e. The lowest BCUT2D eigenvalue weighted by Crippen LogP contribution is -2.42. The van der Waals surface area contributed by atoms with Crippen molar-refractivity contribution in [2.24, 2.45) is 5.92 Å². The van der Waals surface area contributed by atoms with Crippen LogP contribution in [0.25, 0.3) is 0 Å². The van der Waals surface area contributed by atoms with Gasteiger partial charge < -0.3 is 4.90 Å². The average molecular weight is 353 g/mol. The lowest BCUT2D eigenvalue weighted by atomic mass is 9.87. The standard InChI is InChI=1S/C18H28N2O3S/c1-18(2,3)15-6-8-16(9-7-15)24(22,23)20-12-10-14(11-13-20)17(21)19(4)5/h6-9,14H,10-13H2,1-5H3. The maximum absolute atomic E-state index is 12.8. The monoisotopic (exact) mass is 352 g/mol. The summed E-state index contributed by atoms with van der Waals surface area (Å²) in [5.74, 6) is 0.0105. The van der Waals surface area contributed by atoms with Crippen molar-refractivity contribution in [1.29, 1.82) is 0 Å². The van der Waals surface area contributed by atoms with Gasteiger partial charge in [-0.1, -0.05) is 32.9 Å². The van der Waals surface area contributed by atoms with Gasteiger partial charge in [0.25, 0.3) is 0 Å². The highest BCUT2D eigenvalue weighted by Gasteiger charge is 2.32. The molecule has 24 heavy (non-hydrogen) atoms. The minimum Gasteiger partial charge on any atom is -0.349 e. The molecule has 1 aliphatic heterocycles. The van der Waals surface area contributed by atoms with Crippen LogP contribution < -0.4 is 0 Å². The SMILES string of the molecule is CN(C)C(=O)C1CCN(S(=O)(=O)c2ccc(C(C)(C)C)cc2)CC1. The molecule has 5 nitrogen and oxygen atoms in total. The molecule has 0 aromatic heterocycles. The Morgan fingerprint density at radius 2 is 1.58 bits per heavy atom. The number of benzene rings is 1. The number of piperidine rings is 1. The fourth-order valence-corrected chi connectivity index (χ4v) is 4.45. The minimum absolute atomic E-state index is 0.00677. The molecule has 0 unspecified atom stereocenters. The van der Waals surface area contributed by atoms with Crippen molar-refractivity contribution in [3.63, 3.8) is 0 Å². The van der Waals surface area contributed by atoms with Crippen LogP contribution >= 0.6 is 0 Å². The molecule has 2 rings (SSSR count). The van der Waals surface area contributed by atoms with Crippen LogP contribution in [0.15, 0.2) is 29.2 Å². The normalized spacial score (nSPS) is 17.7. The van der Waals surface area contributed by atoms with Crippen molar-refractivity contribution in [2.45, 2.75) is 43.9 Å². The van der Waals surface area contributed by atoms with Crippen molar-refractivity contribution >= 4 is 15.9 Å². The highest BCUT2D eigenvalue weighted by atomic mass is 32.2. The second kappa shape index (κ2) is 6.84. The van der Waals surface area contributed by atoms with E-state index >= 15 is 0 Å². The zero-order valence-electron chi connectivity index (χ0n) is 15.2. The summed E-state index contributed by atoms with van der Waals surface area (Å²) in [5, 5.41) is 0. The van der Waals surface area contributed by atoms with Gasteiger partial charge in [-0.05, 0) is 36.0 Å². The van der Waals surface area contributed by atoms with Crippen molar-refractivity contribution < 1.29 is 13.2 Å². The number of rotatable bonds is 3. The largest absolute Gasteiger partial charge is 0.349 e. The van der Waals surface area contributed by atoms with Crippen molar-refractivity contribution in [1.82, 2.24) is 9.21 Å². The van der Waals surface area contributed by atoms with Crippen LogP contribution in [0.2, 0.25) is 0 Å². The highest BCUT2D eigenvalue weighted by molar-refractivity contribution is 7.89. The predicted octanol–water partition coefficient (Wildman–Crippen LogP) is 2.47. The van der Waals surface area contributed by atoms with E-state index in [9.17, 15) is 13.2 Å². The Labute approximate surface area is 145 Å². The molecule has 0 atom stereocenters.